The van der Waals surface area contributed by atoms with E-state index in [1.165, 1.54) is 25.2 Å². The number of halogens is 4. The summed E-state index contributed by atoms with van der Waals surface area (Å²) in [7, 11) is 0. The van der Waals surface area contributed by atoms with Crippen LogP contribution in [0.15, 0.2) is 10.9 Å². The third-order valence-electron chi connectivity index (χ3n) is 4.59. The van der Waals surface area contributed by atoms with Crippen molar-refractivity contribution in [3.8, 4) is 0 Å². The molecule has 3 heterocycles. The normalized spacial score (nSPS) is 13.1. The van der Waals surface area contributed by atoms with Crippen LogP contribution in [-0.2, 0) is 17.4 Å². The highest BCUT2D eigenvalue weighted by Gasteiger charge is 2.39. The molecule has 0 spiro atoms. The molecule has 0 aliphatic rings. The Kier molecular flexibility index (Phi) is 5.96. The first-order chi connectivity index (χ1) is 14.0. The van der Waals surface area contributed by atoms with Gasteiger partial charge in [0.1, 0.15) is 16.7 Å². The smallest absolute Gasteiger partial charge is 0.271 e. The van der Waals surface area contributed by atoms with E-state index in [4.69, 9.17) is 11.6 Å². The summed E-state index contributed by atoms with van der Waals surface area (Å²) in [5, 5.41) is 3.26. The van der Waals surface area contributed by atoms with Crippen LogP contribution in [0.5, 0.6) is 0 Å². The number of nitrogens with one attached hydrogen (secondary N) is 1. The van der Waals surface area contributed by atoms with Crippen molar-refractivity contribution >= 4 is 39.1 Å². The summed E-state index contributed by atoms with van der Waals surface area (Å²) in [6, 6.07) is 0.593. The Balaban J connectivity index is 1.94. The Bertz CT molecular complexity index is 1180. The predicted molar refractivity (Wildman–Crippen MR) is 109 cm³/mol. The van der Waals surface area contributed by atoms with Gasteiger partial charge in [0, 0.05) is 4.88 Å². The van der Waals surface area contributed by atoms with E-state index in [-0.39, 0.29) is 11.5 Å². The molecule has 1 unspecified atom stereocenters. The molecule has 0 bridgehead atoms. The zero-order valence-electron chi connectivity index (χ0n) is 16.6. The quantitative estimate of drug-likeness (QED) is 0.616. The molecule has 1 atom stereocenters. The summed E-state index contributed by atoms with van der Waals surface area (Å²) in [6.07, 6.45) is -3.02. The minimum Gasteiger partial charge on any atom is -0.271 e. The maximum absolute atomic E-state index is 13.1. The fourth-order valence-corrected chi connectivity index (χ4v) is 4.40. The lowest BCUT2D eigenvalue weighted by atomic mass is 10.2. The molecule has 0 aliphatic carbocycles. The topological polar surface area (TPSA) is 81.8 Å². The average molecular weight is 462 g/mol. The van der Waals surface area contributed by atoms with Crippen molar-refractivity contribution in [1.29, 1.82) is 0 Å². The molecule has 12 heteroatoms. The molecule has 1 amide bonds. The molecular weight excluding hydrogens is 443 g/mol. The van der Waals surface area contributed by atoms with E-state index in [0.717, 1.165) is 27.1 Å². The summed E-state index contributed by atoms with van der Waals surface area (Å²) in [5.74, 6) is -0.481. The number of carbonyl (C=O) groups excluding carboxylic acids is 1. The van der Waals surface area contributed by atoms with E-state index in [2.05, 4.69) is 15.5 Å². The fourth-order valence-electron chi connectivity index (χ4n) is 3.00. The van der Waals surface area contributed by atoms with Crippen LogP contribution < -0.4 is 11.0 Å². The maximum atomic E-state index is 13.1. The largest absolute Gasteiger partial charge is 0.436 e. The summed E-state index contributed by atoms with van der Waals surface area (Å²) < 4.78 is 41.0. The number of alkyl halides is 3. The number of carbonyl (C=O) groups is 1. The molecule has 0 aromatic carbocycles. The standard InChI is InChI=1S/C18H19ClF3N5O2S/c1-5-6-11-7-12-16(30-11)23-10(4)27(17(12)29)25-15(28)9(3)26-8(2)13(19)14(24-26)18(20,21)22/h7,9H,5-6H2,1-4H3,(H,25,28). The Morgan fingerprint density at radius 3 is 2.60 bits per heavy atom. The Morgan fingerprint density at radius 1 is 1.37 bits per heavy atom. The van der Waals surface area contributed by atoms with Gasteiger partial charge in [0.25, 0.3) is 11.5 Å². The molecule has 1 N–H and O–H groups in total. The molecule has 0 saturated heterocycles. The van der Waals surface area contributed by atoms with Gasteiger partial charge in [-0.05, 0) is 33.3 Å². The summed E-state index contributed by atoms with van der Waals surface area (Å²) in [6.45, 7) is 6.28. The van der Waals surface area contributed by atoms with Crippen LogP contribution in [-0.4, -0.2) is 25.3 Å². The van der Waals surface area contributed by atoms with Crippen LogP contribution in [0.1, 0.15) is 48.4 Å². The van der Waals surface area contributed by atoms with Crippen molar-refractivity contribution in [2.24, 2.45) is 0 Å². The van der Waals surface area contributed by atoms with Gasteiger partial charge in [-0.15, -0.1) is 11.3 Å². The Hall–Kier alpha value is -2.40. The van der Waals surface area contributed by atoms with E-state index in [0.29, 0.717) is 10.2 Å². The lowest BCUT2D eigenvalue weighted by Crippen LogP contribution is -2.38. The van der Waals surface area contributed by atoms with E-state index < -0.39 is 34.4 Å². The Morgan fingerprint density at radius 2 is 2.03 bits per heavy atom. The first-order valence-electron chi connectivity index (χ1n) is 9.10. The highest BCUT2D eigenvalue weighted by molar-refractivity contribution is 7.18. The van der Waals surface area contributed by atoms with Crippen LogP contribution in [0.2, 0.25) is 5.02 Å². The number of nitrogens with zero attached hydrogens (tertiary/aromatic N) is 4. The van der Waals surface area contributed by atoms with Crippen molar-refractivity contribution in [1.82, 2.24) is 19.4 Å². The predicted octanol–water partition coefficient (Wildman–Crippen LogP) is 4.23. The molecule has 0 radical (unpaired) electrons. The number of fused-ring (bicyclic) bond motifs is 1. The monoisotopic (exact) mass is 461 g/mol. The highest BCUT2D eigenvalue weighted by Crippen LogP contribution is 2.36. The molecule has 0 fully saturated rings. The van der Waals surface area contributed by atoms with Gasteiger partial charge in [0.05, 0.1) is 16.1 Å². The zero-order valence-corrected chi connectivity index (χ0v) is 18.2. The van der Waals surface area contributed by atoms with Gasteiger partial charge < -0.3 is 0 Å². The van der Waals surface area contributed by atoms with E-state index >= 15 is 0 Å². The molecule has 30 heavy (non-hydrogen) atoms. The van der Waals surface area contributed by atoms with Gasteiger partial charge in [-0.1, -0.05) is 24.9 Å². The van der Waals surface area contributed by atoms with Gasteiger partial charge in [-0.3, -0.25) is 19.7 Å². The van der Waals surface area contributed by atoms with E-state index in [1.807, 2.05) is 6.92 Å². The second kappa shape index (κ2) is 8.03. The van der Waals surface area contributed by atoms with Gasteiger partial charge in [-0.2, -0.15) is 18.3 Å². The minimum absolute atomic E-state index is 0.00803. The lowest BCUT2D eigenvalue weighted by molar-refractivity contribution is -0.141. The fraction of sp³-hybridized carbons (Fsp3) is 0.444. The summed E-state index contributed by atoms with van der Waals surface area (Å²) >= 11 is 7.17. The third kappa shape index (κ3) is 3.95. The van der Waals surface area contributed by atoms with Crippen molar-refractivity contribution in [2.75, 3.05) is 5.43 Å². The van der Waals surface area contributed by atoms with E-state index in [9.17, 15) is 22.8 Å². The van der Waals surface area contributed by atoms with Crippen molar-refractivity contribution < 1.29 is 18.0 Å². The molecular formula is C18H19ClF3N5O2S. The molecule has 7 nitrogen and oxygen atoms in total. The van der Waals surface area contributed by atoms with Crippen LogP contribution >= 0.6 is 22.9 Å². The number of aryl methyl sites for hydroxylation is 2. The summed E-state index contributed by atoms with van der Waals surface area (Å²) in [5.41, 5.74) is 0.699. The lowest BCUT2D eigenvalue weighted by Gasteiger charge is -2.16. The van der Waals surface area contributed by atoms with Crippen LogP contribution in [0.4, 0.5) is 13.2 Å². The maximum Gasteiger partial charge on any atom is 0.436 e. The number of hydrogen-bond donors (Lipinski definition) is 1. The Labute approximate surface area is 178 Å². The second-order valence-electron chi connectivity index (χ2n) is 6.82. The van der Waals surface area contributed by atoms with Crippen molar-refractivity contribution in [3.63, 3.8) is 0 Å². The number of aromatic nitrogens is 4. The first-order valence-corrected chi connectivity index (χ1v) is 10.3. The van der Waals surface area contributed by atoms with Crippen molar-refractivity contribution in [3.05, 3.63) is 43.5 Å². The molecule has 3 aromatic heterocycles. The average Bonchev–Trinajstić information content (AvgIpc) is 3.19. The number of hydrogen-bond acceptors (Lipinski definition) is 5. The number of amides is 1. The number of rotatable bonds is 5. The summed E-state index contributed by atoms with van der Waals surface area (Å²) in [4.78, 5) is 31.5. The molecule has 0 aliphatic heterocycles. The minimum atomic E-state index is -4.75. The van der Waals surface area contributed by atoms with Crippen LogP contribution in [0.3, 0.4) is 0 Å². The molecule has 3 rings (SSSR count). The molecule has 0 saturated carbocycles. The van der Waals surface area contributed by atoms with E-state index in [1.54, 1.807) is 13.0 Å². The third-order valence-corrected chi connectivity index (χ3v) is 6.14. The first kappa shape index (κ1) is 22.3. The highest BCUT2D eigenvalue weighted by atomic mass is 35.5. The van der Waals surface area contributed by atoms with Gasteiger partial charge in [0.2, 0.25) is 0 Å². The second-order valence-corrected chi connectivity index (χ2v) is 8.32. The van der Waals surface area contributed by atoms with Gasteiger partial charge in [0.15, 0.2) is 5.69 Å². The van der Waals surface area contributed by atoms with Crippen LogP contribution in [0, 0.1) is 13.8 Å². The SMILES string of the molecule is CCCc1cc2c(=O)n(NC(=O)C(C)n3nc(C(F)(F)F)c(Cl)c3C)c(C)nc2s1. The molecule has 162 valence electrons. The van der Waals surface area contributed by atoms with Crippen LogP contribution in [0.25, 0.3) is 10.2 Å². The van der Waals surface area contributed by atoms with Gasteiger partial charge >= 0.3 is 6.18 Å². The zero-order chi connectivity index (χ0) is 22.4. The molecule has 3 aromatic rings. The van der Waals surface area contributed by atoms with Gasteiger partial charge in [-0.25, -0.2) is 9.66 Å². The van der Waals surface area contributed by atoms with Crippen molar-refractivity contribution in [2.45, 2.75) is 52.8 Å². The number of thiophene rings is 1.